The van der Waals surface area contributed by atoms with Crippen LogP contribution in [-0.2, 0) is 0 Å². The van der Waals surface area contributed by atoms with Gasteiger partial charge in [0.25, 0.3) is 5.91 Å². The number of benzene rings is 4. The molecular formula is C33H33F2N5O3. The van der Waals surface area contributed by atoms with E-state index < -0.39 is 17.7 Å². The number of nitrogens with zero attached hydrogens (tertiary/aromatic N) is 2. The summed E-state index contributed by atoms with van der Waals surface area (Å²) in [6, 6.07) is 24.9. The Labute approximate surface area is 249 Å². The van der Waals surface area contributed by atoms with Crippen LogP contribution in [0.25, 0.3) is 0 Å². The van der Waals surface area contributed by atoms with Crippen molar-refractivity contribution in [2.45, 2.75) is 13.0 Å². The number of halogens is 2. The van der Waals surface area contributed by atoms with Gasteiger partial charge in [0.2, 0.25) is 0 Å². The van der Waals surface area contributed by atoms with E-state index >= 15 is 0 Å². The van der Waals surface area contributed by atoms with Crippen LogP contribution in [0, 0.1) is 11.6 Å². The summed E-state index contributed by atoms with van der Waals surface area (Å²) >= 11 is 0. The second-order valence-electron chi connectivity index (χ2n) is 10.2. The first kappa shape index (κ1) is 29.4. The summed E-state index contributed by atoms with van der Waals surface area (Å²) in [6.07, 6.45) is 0. The van der Waals surface area contributed by atoms with Crippen LogP contribution in [0.2, 0.25) is 0 Å². The lowest BCUT2D eigenvalue weighted by atomic mass is 10.1. The Morgan fingerprint density at radius 3 is 2.02 bits per heavy atom. The third-order valence-corrected chi connectivity index (χ3v) is 7.37. The molecule has 222 valence electrons. The van der Waals surface area contributed by atoms with Crippen molar-refractivity contribution < 1.29 is 23.1 Å². The van der Waals surface area contributed by atoms with E-state index in [0.717, 1.165) is 47.9 Å². The van der Waals surface area contributed by atoms with Gasteiger partial charge in [0, 0.05) is 49.3 Å². The van der Waals surface area contributed by atoms with Crippen molar-refractivity contribution in [1.82, 2.24) is 5.32 Å². The van der Waals surface area contributed by atoms with E-state index in [4.69, 9.17) is 4.74 Å². The zero-order valence-corrected chi connectivity index (χ0v) is 23.9. The van der Waals surface area contributed by atoms with Crippen LogP contribution in [-0.4, -0.2) is 45.2 Å². The second kappa shape index (κ2) is 13.2. The molecule has 4 aromatic rings. The molecule has 1 saturated heterocycles. The average molecular weight is 586 g/mol. The highest BCUT2D eigenvalue weighted by atomic mass is 19.2. The number of hydrogen-bond donors (Lipinski definition) is 3. The summed E-state index contributed by atoms with van der Waals surface area (Å²) in [7, 11) is 1.66. The van der Waals surface area contributed by atoms with Crippen molar-refractivity contribution in [3.05, 3.63) is 114 Å². The molecule has 0 bridgehead atoms. The number of ether oxygens (including phenoxy) is 1. The molecule has 1 heterocycles. The molecule has 0 saturated carbocycles. The highest BCUT2D eigenvalue weighted by molar-refractivity contribution is 6.04. The van der Waals surface area contributed by atoms with Gasteiger partial charge < -0.3 is 30.5 Å². The molecule has 1 aliphatic heterocycles. The topological polar surface area (TPSA) is 85.9 Å². The minimum Gasteiger partial charge on any atom is -0.495 e. The molecule has 0 radical (unpaired) electrons. The monoisotopic (exact) mass is 585 g/mol. The van der Waals surface area contributed by atoms with Crippen LogP contribution in [0.4, 0.5) is 36.3 Å². The first-order valence-electron chi connectivity index (χ1n) is 14.0. The summed E-state index contributed by atoms with van der Waals surface area (Å²) in [5.74, 6) is -1.56. The van der Waals surface area contributed by atoms with Gasteiger partial charge in [-0.3, -0.25) is 4.79 Å². The molecule has 0 aliphatic carbocycles. The number of anilines is 4. The van der Waals surface area contributed by atoms with E-state index in [1.165, 1.54) is 6.07 Å². The lowest BCUT2D eigenvalue weighted by molar-refractivity contribution is 0.0940. The quantitative estimate of drug-likeness (QED) is 0.222. The van der Waals surface area contributed by atoms with Crippen molar-refractivity contribution in [2.75, 3.05) is 53.7 Å². The molecule has 0 spiro atoms. The number of hydrogen-bond acceptors (Lipinski definition) is 5. The van der Waals surface area contributed by atoms with Gasteiger partial charge in [-0.15, -0.1) is 0 Å². The van der Waals surface area contributed by atoms with Crippen LogP contribution in [0.15, 0.2) is 91.0 Å². The van der Waals surface area contributed by atoms with Gasteiger partial charge in [-0.2, -0.15) is 0 Å². The lowest BCUT2D eigenvalue weighted by Gasteiger charge is -2.38. The van der Waals surface area contributed by atoms with Gasteiger partial charge in [-0.05, 0) is 55.0 Å². The second-order valence-corrected chi connectivity index (χ2v) is 10.2. The van der Waals surface area contributed by atoms with Crippen molar-refractivity contribution >= 4 is 34.7 Å². The van der Waals surface area contributed by atoms with Gasteiger partial charge in [0.05, 0.1) is 24.4 Å². The zero-order valence-electron chi connectivity index (χ0n) is 23.9. The van der Waals surface area contributed by atoms with Gasteiger partial charge >= 0.3 is 6.03 Å². The van der Waals surface area contributed by atoms with Crippen molar-refractivity contribution in [3.63, 3.8) is 0 Å². The Morgan fingerprint density at radius 2 is 1.35 bits per heavy atom. The molecular weight excluding hydrogens is 552 g/mol. The van der Waals surface area contributed by atoms with Gasteiger partial charge in [0.1, 0.15) is 5.75 Å². The van der Waals surface area contributed by atoms with Crippen LogP contribution < -0.4 is 30.5 Å². The maximum absolute atomic E-state index is 13.7. The number of amides is 3. The number of piperazine rings is 1. The van der Waals surface area contributed by atoms with Crippen molar-refractivity contribution in [3.8, 4) is 5.75 Å². The minimum atomic E-state index is -1.07. The summed E-state index contributed by atoms with van der Waals surface area (Å²) in [5, 5.41) is 8.25. The van der Waals surface area contributed by atoms with E-state index in [1.54, 1.807) is 19.2 Å². The minimum absolute atomic E-state index is 0.0931. The molecule has 43 heavy (non-hydrogen) atoms. The smallest absolute Gasteiger partial charge is 0.323 e. The van der Waals surface area contributed by atoms with E-state index in [9.17, 15) is 18.4 Å². The summed E-state index contributed by atoms with van der Waals surface area (Å²) in [5.41, 5.74) is 3.58. The Hall–Kier alpha value is -5.12. The predicted molar refractivity (Wildman–Crippen MR) is 165 cm³/mol. The third kappa shape index (κ3) is 7.03. The summed E-state index contributed by atoms with van der Waals surface area (Å²) < 4.78 is 32.4. The first-order valence-corrected chi connectivity index (χ1v) is 14.0. The van der Waals surface area contributed by atoms with E-state index in [1.807, 2.05) is 67.6 Å². The molecule has 3 amide bonds. The molecule has 0 aromatic heterocycles. The molecule has 1 fully saturated rings. The Morgan fingerprint density at radius 1 is 0.744 bits per heavy atom. The molecule has 4 aromatic carbocycles. The Balaban J connectivity index is 1.36. The molecule has 1 aliphatic rings. The number of urea groups is 1. The highest BCUT2D eigenvalue weighted by Gasteiger charge is 2.24. The average Bonchev–Trinajstić information content (AvgIpc) is 3.03. The zero-order chi connectivity index (χ0) is 30.3. The SMILES string of the molecule is COc1ccccc1N1CCN(c2ccc(NC(=O)Nc3ccc(F)c(F)c3)cc2C(=O)NC(C)c2ccccc2)CC1. The maximum Gasteiger partial charge on any atom is 0.323 e. The molecule has 3 N–H and O–H groups in total. The normalized spacial score (nSPS) is 13.7. The van der Waals surface area contributed by atoms with Crippen molar-refractivity contribution in [1.29, 1.82) is 0 Å². The third-order valence-electron chi connectivity index (χ3n) is 7.37. The summed E-state index contributed by atoms with van der Waals surface area (Å²) in [6.45, 7) is 4.68. The number of carbonyl (C=O) groups is 2. The van der Waals surface area contributed by atoms with E-state index in [-0.39, 0.29) is 17.6 Å². The molecule has 8 nitrogen and oxygen atoms in total. The largest absolute Gasteiger partial charge is 0.495 e. The number of nitrogens with one attached hydrogen (secondary N) is 3. The first-order chi connectivity index (χ1) is 20.8. The fourth-order valence-electron chi connectivity index (χ4n) is 5.12. The predicted octanol–water partition coefficient (Wildman–Crippen LogP) is 6.44. The van der Waals surface area contributed by atoms with Crippen LogP contribution in [0.1, 0.15) is 28.9 Å². The highest BCUT2D eigenvalue weighted by Crippen LogP contribution is 2.31. The molecule has 1 unspecified atom stereocenters. The number of para-hydroxylation sites is 2. The Kier molecular flexibility index (Phi) is 9.05. The van der Waals surface area contributed by atoms with E-state index in [2.05, 4.69) is 25.8 Å². The fraction of sp³-hybridized carbons (Fsp3) is 0.212. The van der Waals surface area contributed by atoms with Crippen LogP contribution in [0.3, 0.4) is 0 Å². The van der Waals surface area contributed by atoms with Crippen LogP contribution >= 0.6 is 0 Å². The molecule has 5 rings (SSSR count). The van der Waals surface area contributed by atoms with E-state index in [0.29, 0.717) is 24.3 Å². The fourth-order valence-corrected chi connectivity index (χ4v) is 5.12. The summed E-state index contributed by atoms with van der Waals surface area (Å²) in [4.78, 5) is 30.8. The molecule has 10 heteroatoms. The Bertz CT molecular complexity index is 1590. The van der Waals surface area contributed by atoms with Gasteiger partial charge in [-0.1, -0.05) is 42.5 Å². The number of carbonyl (C=O) groups excluding carboxylic acids is 2. The van der Waals surface area contributed by atoms with Crippen molar-refractivity contribution in [2.24, 2.45) is 0 Å². The molecule has 1 atom stereocenters. The van der Waals surface area contributed by atoms with Crippen LogP contribution in [0.5, 0.6) is 5.75 Å². The van der Waals surface area contributed by atoms with Gasteiger partial charge in [0.15, 0.2) is 11.6 Å². The van der Waals surface area contributed by atoms with Gasteiger partial charge in [-0.25, -0.2) is 13.6 Å². The standard InChI is InChI=1S/C33H33F2N5O3/c1-22(23-8-4-3-5-9-23)36-32(41)26-20-24(37-33(42)38-25-12-14-27(34)28(35)21-25)13-15-29(26)39-16-18-40(19-17-39)30-10-6-7-11-31(30)43-2/h3-15,20-22H,16-19H2,1-2H3,(H,36,41)(H2,37,38,42). The number of rotatable bonds is 8. The number of methoxy groups -OCH3 is 1. The lowest BCUT2D eigenvalue weighted by Crippen LogP contribution is -2.47. The maximum atomic E-state index is 13.7.